The molecule has 0 aromatic rings. The van der Waals surface area contributed by atoms with Gasteiger partial charge in [0.25, 0.3) is 0 Å². The van der Waals surface area contributed by atoms with Gasteiger partial charge in [-0.25, -0.2) is 0 Å². The molecule has 2 rings (SSSR count). The third-order valence-electron chi connectivity index (χ3n) is 3.92. The first-order chi connectivity index (χ1) is 8.15. The highest BCUT2D eigenvalue weighted by molar-refractivity contribution is 5.83. The second-order valence-electron chi connectivity index (χ2n) is 5.00. The summed E-state index contributed by atoms with van der Waals surface area (Å²) >= 11 is 0. The standard InChI is InChI=1S/C12H20N2O3/c1-17-12(5-2-6-12)8-14-11(16)9-3-4-10(15)13-7-9/h9H,2-8H2,1H3,(H,13,15)(H,14,16). The second-order valence-corrected chi connectivity index (χ2v) is 5.00. The van der Waals surface area contributed by atoms with Crippen molar-refractivity contribution in [1.29, 1.82) is 0 Å². The van der Waals surface area contributed by atoms with Crippen LogP contribution in [-0.2, 0) is 14.3 Å². The van der Waals surface area contributed by atoms with Gasteiger partial charge in [-0.05, 0) is 25.7 Å². The molecule has 17 heavy (non-hydrogen) atoms. The van der Waals surface area contributed by atoms with E-state index in [0.29, 0.717) is 25.9 Å². The van der Waals surface area contributed by atoms with E-state index >= 15 is 0 Å². The fourth-order valence-corrected chi connectivity index (χ4v) is 2.37. The molecule has 1 saturated carbocycles. The summed E-state index contributed by atoms with van der Waals surface area (Å²) in [4.78, 5) is 22.9. The van der Waals surface area contributed by atoms with Crippen LogP contribution in [0.3, 0.4) is 0 Å². The summed E-state index contributed by atoms with van der Waals surface area (Å²) in [6.45, 7) is 1.05. The van der Waals surface area contributed by atoms with Crippen LogP contribution in [0.25, 0.3) is 0 Å². The first-order valence-corrected chi connectivity index (χ1v) is 6.25. The molecule has 1 aliphatic heterocycles. The highest BCUT2D eigenvalue weighted by atomic mass is 16.5. The Morgan fingerprint density at radius 3 is 2.82 bits per heavy atom. The number of ether oxygens (including phenoxy) is 1. The maximum Gasteiger partial charge on any atom is 0.225 e. The van der Waals surface area contributed by atoms with E-state index in [-0.39, 0.29) is 23.3 Å². The summed E-state index contributed by atoms with van der Waals surface area (Å²) in [6.07, 6.45) is 4.31. The van der Waals surface area contributed by atoms with Gasteiger partial charge in [0.05, 0.1) is 11.5 Å². The zero-order valence-electron chi connectivity index (χ0n) is 10.3. The van der Waals surface area contributed by atoms with E-state index < -0.39 is 0 Å². The molecular formula is C12H20N2O3. The molecule has 0 aromatic heterocycles. The molecule has 5 heteroatoms. The molecule has 5 nitrogen and oxygen atoms in total. The van der Waals surface area contributed by atoms with E-state index in [0.717, 1.165) is 12.8 Å². The van der Waals surface area contributed by atoms with Gasteiger partial charge in [0.1, 0.15) is 0 Å². The fourth-order valence-electron chi connectivity index (χ4n) is 2.37. The minimum Gasteiger partial charge on any atom is -0.376 e. The molecule has 1 heterocycles. The van der Waals surface area contributed by atoms with Crippen LogP contribution in [0.5, 0.6) is 0 Å². The maximum atomic E-state index is 11.9. The zero-order chi connectivity index (χ0) is 12.3. The van der Waals surface area contributed by atoms with Crippen LogP contribution >= 0.6 is 0 Å². The van der Waals surface area contributed by atoms with Crippen LogP contribution in [0, 0.1) is 5.92 Å². The molecule has 2 amide bonds. The monoisotopic (exact) mass is 240 g/mol. The highest BCUT2D eigenvalue weighted by Gasteiger charge is 2.37. The first-order valence-electron chi connectivity index (χ1n) is 6.25. The lowest BCUT2D eigenvalue weighted by atomic mass is 9.80. The van der Waals surface area contributed by atoms with Crippen molar-refractivity contribution in [2.45, 2.75) is 37.7 Å². The third-order valence-corrected chi connectivity index (χ3v) is 3.92. The topological polar surface area (TPSA) is 67.4 Å². The zero-order valence-corrected chi connectivity index (χ0v) is 10.3. The average molecular weight is 240 g/mol. The Morgan fingerprint density at radius 1 is 1.59 bits per heavy atom. The van der Waals surface area contributed by atoms with Crippen molar-refractivity contribution >= 4 is 11.8 Å². The van der Waals surface area contributed by atoms with Crippen molar-refractivity contribution in [1.82, 2.24) is 10.6 Å². The summed E-state index contributed by atoms with van der Waals surface area (Å²) in [7, 11) is 1.70. The molecule has 1 atom stereocenters. The summed E-state index contributed by atoms with van der Waals surface area (Å²) in [6, 6.07) is 0. The van der Waals surface area contributed by atoms with Crippen LogP contribution in [0.15, 0.2) is 0 Å². The van der Waals surface area contributed by atoms with Gasteiger partial charge in [-0.1, -0.05) is 0 Å². The number of nitrogens with one attached hydrogen (secondary N) is 2. The minimum atomic E-state index is -0.131. The third kappa shape index (κ3) is 2.77. The lowest BCUT2D eigenvalue weighted by Crippen LogP contribution is -2.52. The Hall–Kier alpha value is -1.10. The van der Waals surface area contributed by atoms with Gasteiger partial charge in [0, 0.05) is 26.6 Å². The number of rotatable bonds is 4. The molecule has 0 radical (unpaired) electrons. The highest BCUT2D eigenvalue weighted by Crippen LogP contribution is 2.34. The molecule has 1 saturated heterocycles. The SMILES string of the molecule is COC1(CNC(=O)C2CCC(=O)NC2)CCC1. The quantitative estimate of drug-likeness (QED) is 0.737. The Labute approximate surface area is 101 Å². The molecule has 1 unspecified atom stereocenters. The Morgan fingerprint density at radius 2 is 2.35 bits per heavy atom. The van der Waals surface area contributed by atoms with Gasteiger partial charge in [0.2, 0.25) is 11.8 Å². The van der Waals surface area contributed by atoms with Gasteiger partial charge in [-0.3, -0.25) is 9.59 Å². The maximum absolute atomic E-state index is 11.9. The second kappa shape index (κ2) is 5.04. The number of carbonyl (C=O) groups is 2. The molecule has 1 aliphatic carbocycles. The smallest absolute Gasteiger partial charge is 0.225 e. The molecule has 2 fully saturated rings. The van der Waals surface area contributed by atoms with Crippen molar-refractivity contribution in [3.8, 4) is 0 Å². The van der Waals surface area contributed by atoms with Crippen LogP contribution in [0.2, 0.25) is 0 Å². The molecule has 0 bridgehead atoms. The van der Waals surface area contributed by atoms with E-state index in [1.54, 1.807) is 7.11 Å². The van der Waals surface area contributed by atoms with Crippen LogP contribution < -0.4 is 10.6 Å². The molecule has 96 valence electrons. The van der Waals surface area contributed by atoms with E-state index in [1.165, 1.54) is 6.42 Å². The van der Waals surface area contributed by atoms with Crippen molar-refractivity contribution in [2.75, 3.05) is 20.2 Å². The molecule has 0 aromatic carbocycles. The Bertz CT molecular complexity index is 297. The van der Waals surface area contributed by atoms with Crippen LogP contribution in [0.1, 0.15) is 32.1 Å². The lowest BCUT2D eigenvalue weighted by Gasteiger charge is -2.40. The van der Waals surface area contributed by atoms with Crippen LogP contribution in [0.4, 0.5) is 0 Å². The van der Waals surface area contributed by atoms with E-state index in [2.05, 4.69) is 10.6 Å². The Kier molecular flexibility index (Phi) is 3.66. The molecule has 2 N–H and O–H groups in total. The Balaban J connectivity index is 1.75. The van der Waals surface area contributed by atoms with Gasteiger partial charge >= 0.3 is 0 Å². The van der Waals surface area contributed by atoms with Gasteiger partial charge in [0.15, 0.2) is 0 Å². The number of carbonyl (C=O) groups excluding carboxylic acids is 2. The van der Waals surface area contributed by atoms with Crippen molar-refractivity contribution in [3.63, 3.8) is 0 Å². The fraction of sp³-hybridized carbons (Fsp3) is 0.833. The number of piperidine rings is 1. The average Bonchev–Trinajstić information content (AvgIpc) is 2.29. The van der Waals surface area contributed by atoms with Crippen LogP contribution in [-0.4, -0.2) is 37.6 Å². The van der Waals surface area contributed by atoms with Crippen molar-refractivity contribution < 1.29 is 14.3 Å². The number of amides is 2. The number of hydrogen-bond donors (Lipinski definition) is 2. The molecular weight excluding hydrogens is 220 g/mol. The summed E-state index contributed by atoms with van der Waals surface area (Å²) < 4.78 is 5.44. The molecule has 0 spiro atoms. The predicted octanol–water partition coefficient (Wildman–Crippen LogP) is 0.198. The minimum absolute atomic E-state index is 0.0355. The normalized spacial score (nSPS) is 26.9. The molecule has 2 aliphatic rings. The van der Waals surface area contributed by atoms with Crippen molar-refractivity contribution in [3.05, 3.63) is 0 Å². The predicted molar refractivity (Wildman–Crippen MR) is 62.3 cm³/mol. The van der Waals surface area contributed by atoms with E-state index in [9.17, 15) is 9.59 Å². The van der Waals surface area contributed by atoms with E-state index in [4.69, 9.17) is 4.74 Å². The summed E-state index contributed by atoms with van der Waals surface area (Å²) in [5, 5.41) is 5.67. The van der Waals surface area contributed by atoms with Gasteiger partial charge in [-0.15, -0.1) is 0 Å². The largest absolute Gasteiger partial charge is 0.376 e. The van der Waals surface area contributed by atoms with Gasteiger partial charge in [-0.2, -0.15) is 0 Å². The number of hydrogen-bond acceptors (Lipinski definition) is 3. The summed E-state index contributed by atoms with van der Waals surface area (Å²) in [5.74, 6) is -0.00332. The van der Waals surface area contributed by atoms with Crippen molar-refractivity contribution in [2.24, 2.45) is 5.92 Å². The number of methoxy groups -OCH3 is 1. The van der Waals surface area contributed by atoms with Gasteiger partial charge < -0.3 is 15.4 Å². The lowest BCUT2D eigenvalue weighted by molar-refractivity contribution is -0.131. The first kappa shape index (κ1) is 12.4. The summed E-state index contributed by atoms with van der Waals surface area (Å²) in [5.41, 5.74) is -0.131. The van der Waals surface area contributed by atoms with E-state index in [1.807, 2.05) is 0 Å².